The van der Waals surface area contributed by atoms with Gasteiger partial charge in [-0.3, -0.25) is 5.10 Å². The fourth-order valence-corrected chi connectivity index (χ4v) is 4.43. The van der Waals surface area contributed by atoms with E-state index in [0.717, 1.165) is 19.0 Å². The van der Waals surface area contributed by atoms with Crippen molar-refractivity contribution in [1.29, 1.82) is 0 Å². The van der Waals surface area contributed by atoms with E-state index in [0.29, 0.717) is 28.3 Å². The van der Waals surface area contributed by atoms with E-state index in [1.165, 1.54) is 45.3 Å². The summed E-state index contributed by atoms with van der Waals surface area (Å²) in [5.74, 6) is 1.85. The van der Waals surface area contributed by atoms with Gasteiger partial charge < -0.3 is 15.0 Å². The molecule has 2 aromatic heterocycles. The highest BCUT2D eigenvalue weighted by Crippen LogP contribution is 2.49. The largest absolute Gasteiger partial charge is 0.494 e. The zero-order valence-electron chi connectivity index (χ0n) is 17.0. The van der Waals surface area contributed by atoms with Gasteiger partial charge in [0, 0.05) is 30.9 Å². The predicted molar refractivity (Wildman–Crippen MR) is 114 cm³/mol. The van der Waals surface area contributed by atoms with Crippen LogP contribution < -0.4 is 15.0 Å². The molecule has 2 aliphatic rings. The van der Waals surface area contributed by atoms with Crippen molar-refractivity contribution in [3.05, 3.63) is 42.3 Å². The molecule has 7 nitrogen and oxygen atoms in total. The molecule has 1 aromatic carbocycles. The molecule has 1 spiro atoms. The number of anilines is 3. The molecule has 0 radical (unpaired) electrons. The first kappa shape index (κ1) is 18.8. The average Bonchev–Trinajstić information content (AvgIpc) is 3.21. The summed E-state index contributed by atoms with van der Waals surface area (Å²) >= 11 is 0. The Bertz CT molecular complexity index is 1040. The maximum absolute atomic E-state index is 14.0. The van der Waals surface area contributed by atoms with Gasteiger partial charge in [0.15, 0.2) is 17.4 Å². The number of nitrogens with one attached hydrogen (secondary N) is 2. The minimum atomic E-state index is -0.412. The zero-order chi connectivity index (χ0) is 20.6. The second-order valence-electron chi connectivity index (χ2n) is 8.22. The summed E-state index contributed by atoms with van der Waals surface area (Å²) in [6, 6.07) is 8.45. The molecule has 3 heterocycles. The number of aromatic amines is 1. The van der Waals surface area contributed by atoms with Crippen molar-refractivity contribution in [1.82, 2.24) is 20.2 Å². The van der Waals surface area contributed by atoms with Gasteiger partial charge in [0.2, 0.25) is 5.95 Å². The lowest BCUT2D eigenvalue weighted by molar-refractivity contribution is 0.0951. The first-order chi connectivity index (χ1) is 14.6. The third-order valence-electron chi connectivity index (χ3n) is 6.46. The second kappa shape index (κ2) is 7.59. The Morgan fingerprint density at radius 1 is 1.10 bits per heavy atom. The summed E-state index contributed by atoms with van der Waals surface area (Å²) in [6.45, 7) is 2.03. The molecule has 5 rings (SSSR count). The Morgan fingerprint density at radius 3 is 2.63 bits per heavy atom. The first-order valence-electron chi connectivity index (χ1n) is 10.4. The number of hydrogen-bond acceptors (Lipinski definition) is 6. The van der Waals surface area contributed by atoms with Crippen LogP contribution >= 0.6 is 0 Å². The Kier molecular flexibility index (Phi) is 4.77. The van der Waals surface area contributed by atoms with Crippen molar-refractivity contribution in [2.75, 3.05) is 30.4 Å². The van der Waals surface area contributed by atoms with Gasteiger partial charge in [-0.15, -0.1) is 0 Å². The monoisotopic (exact) mass is 408 g/mol. The number of hydrogen-bond donors (Lipinski definition) is 2. The summed E-state index contributed by atoms with van der Waals surface area (Å²) in [6.07, 6.45) is 8.37. The summed E-state index contributed by atoms with van der Waals surface area (Å²) < 4.78 is 19.0. The molecule has 3 aromatic rings. The minimum Gasteiger partial charge on any atom is -0.494 e. The molecule has 30 heavy (non-hydrogen) atoms. The Balaban J connectivity index is 1.28. The maximum atomic E-state index is 14.0. The molecule has 156 valence electrons. The Hall–Kier alpha value is -3.16. The van der Waals surface area contributed by atoms with Crippen molar-refractivity contribution in [3.8, 4) is 17.0 Å². The Labute approximate surface area is 174 Å². The van der Waals surface area contributed by atoms with E-state index >= 15 is 0 Å². The number of ether oxygens (including phenoxy) is 1. The van der Waals surface area contributed by atoms with Crippen LogP contribution in [0.15, 0.2) is 36.5 Å². The molecule has 1 saturated heterocycles. The third-order valence-corrected chi connectivity index (χ3v) is 6.46. The number of piperidine rings is 1. The molecular formula is C22H25FN6O. The molecule has 0 bridgehead atoms. The minimum absolute atomic E-state index is 0.214. The van der Waals surface area contributed by atoms with Gasteiger partial charge >= 0.3 is 0 Å². The summed E-state index contributed by atoms with van der Waals surface area (Å²) in [4.78, 5) is 11.4. The van der Waals surface area contributed by atoms with Crippen LogP contribution in [0.4, 0.5) is 22.0 Å². The molecular weight excluding hydrogens is 383 g/mol. The predicted octanol–water partition coefficient (Wildman–Crippen LogP) is 4.53. The molecule has 0 amide bonds. The van der Waals surface area contributed by atoms with Crippen LogP contribution in [0.25, 0.3) is 11.3 Å². The average molecular weight is 408 g/mol. The van der Waals surface area contributed by atoms with Gasteiger partial charge in [-0.25, -0.2) is 9.37 Å². The van der Waals surface area contributed by atoms with Crippen molar-refractivity contribution in [2.45, 2.75) is 32.1 Å². The number of halogens is 1. The van der Waals surface area contributed by atoms with E-state index in [9.17, 15) is 4.39 Å². The van der Waals surface area contributed by atoms with E-state index in [2.05, 4.69) is 30.4 Å². The topological polar surface area (TPSA) is 79.0 Å². The number of aromatic nitrogens is 4. The van der Waals surface area contributed by atoms with Crippen molar-refractivity contribution < 1.29 is 9.13 Å². The summed E-state index contributed by atoms with van der Waals surface area (Å²) in [5.41, 5.74) is 1.99. The van der Waals surface area contributed by atoms with Crippen LogP contribution in [0.5, 0.6) is 5.75 Å². The number of rotatable bonds is 5. The lowest BCUT2D eigenvalue weighted by atomic mass is 9.63. The summed E-state index contributed by atoms with van der Waals surface area (Å²) in [5, 5.41) is 10.4. The van der Waals surface area contributed by atoms with Crippen molar-refractivity contribution in [3.63, 3.8) is 0 Å². The molecule has 2 fully saturated rings. The number of benzene rings is 1. The maximum Gasteiger partial charge on any atom is 0.227 e. The van der Waals surface area contributed by atoms with Gasteiger partial charge in [0.1, 0.15) is 5.82 Å². The molecule has 0 unspecified atom stereocenters. The molecule has 2 N–H and O–H groups in total. The highest BCUT2D eigenvalue weighted by Gasteiger charge is 2.39. The van der Waals surface area contributed by atoms with E-state index in [1.807, 2.05) is 12.1 Å². The fraction of sp³-hybridized carbons (Fsp3) is 0.409. The van der Waals surface area contributed by atoms with Crippen LogP contribution in [0.3, 0.4) is 0 Å². The number of nitrogens with zero attached hydrogens (tertiary/aromatic N) is 4. The van der Waals surface area contributed by atoms with E-state index in [4.69, 9.17) is 4.74 Å². The highest BCUT2D eigenvalue weighted by atomic mass is 19.1. The van der Waals surface area contributed by atoms with Crippen LogP contribution in [-0.2, 0) is 0 Å². The van der Waals surface area contributed by atoms with Gasteiger partial charge in [-0.1, -0.05) is 6.42 Å². The third kappa shape index (κ3) is 3.58. The van der Waals surface area contributed by atoms with E-state index < -0.39 is 5.82 Å². The quantitative estimate of drug-likeness (QED) is 0.646. The van der Waals surface area contributed by atoms with Gasteiger partial charge in [-0.05, 0) is 55.4 Å². The SMILES string of the molecule is COc1ccc(-c2cc(Nc3ccnc(N4CCC5(CCC5)CC4)n3)n[nH]2)cc1F. The van der Waals surface area contributed by atoms with Crippen molar-refractivity contribution >= 4 is 17.6 Å². The van der Waals surface area contributed by atoms with Gasteiger partial charge in [0.25, 0.3) is 0 Å². The highest BCUT2D eigenvalue weighted by molar-refractivity contribution is 5.66. The van der Waals surface area contributed by atoms with E-state index in [1.54, 1.807) is 18.3 Å². The van der Waals surface area contributed by atoms with Gasteiger partial charge in [-0.2, -0.15) is 10.1 Å². The smallest absolute Gasteiger partial charge is 0.227 e. The summed E-state index contributed by atoms with van der Waals surface area (Å²) in [7, 11) is 1.45. The first-order valence-corrected chi connectivity index (χ1v) is 10.4. The second-order valence-corrected chi connectivity index (χ2v) is 8.22. The lowest BCUT2D eigenvalue weighted by Crippen LogP contribution is -2.44. The normalized spacial score (nSPS) is 17.6. The molecule has 1 saturated carbocycles. The number of H-pyrrole nitrogens is 1. The molecule has 1 aliphatic heterocycles. The van der Waals surface area contributed by atoms with Crippen molar-refractivity contribution in [2.24, 2.45) is 5.41 Å². The zero-order valence-corrected chi connectivity index (χ0v) is 17.0. The van der Waals surface area contributed by atoms with Crippen LogP contribution in [0, 0.1) is 11.2 Å². The fourth-order valence-electron chi connectivity index (χ4n) is 4.43. The molecule has 0 atom stereocenters. The Morgan fingerprint density at radius 2 is 1.93 bits per heavy atom. The molecule has 8 heteroatoms. The van der Waals surface area contributed by atoms with E-state index in [-0.39, 0.29) is 5.75 Å². The van der Waals surface area contributed by atoms with Gasteiger partial charge in [0.05, 0.1) is 12.8 Å². The van der Waals surface area contributed by atoms with Crippen LogP contribution in [-0.4, -0.2) is 40.4 Å². The lowest BCUT2D eigenvalue weighted by Gasteiger charge is -2.48. The van der Waals surface area contributed by atoms with Crippen LogP contribution in [0.1, 0.15) is 32.1 Å². The van der Waals surface area contributed by atoms with Crippen LogP contribution in [0.2, 0.25) is 0 Å². The number of methoxy groups -OCH3 is 1. The molecule has 1 aliphatic carbocycles. The standard InChI is InChI=1S/C22H25FN6O/c1-30-18-4-3-15(13-16(18)23)17-14-20(28-27-17)25-19-5-10-24-21(26-19)29-11-8-22(9-12-29)6-2-7-22/h3-5,10,13-14H,2,6-9,11-12H2,1H3,(H2,24,25,26,27,28).